The molecule has 2 aromatic carbocycles. The zero-order valence-electron chi connectivity index (χ0n) is 17.0. The molecule has 1 aliphatic rings. The largest absolute Gasteiger partial charge is 0.507 e. The molecule has 1 aromatic heterocycles. The lowest BCUT2D eigenvalue weighted by Gasteiger charge is -2.34. The Hall–Kier alpha value is -3.67. The number of hydrogen-bond donors (Lipinski definition) is 2. The van der Waals surface area contributed by atoms with Crippen molar-refractivity contribution in [2.75, 3.05) is 0 Å². The maximum absolute atomic E-state index is 11.3. The van der Waals surface area contributed by atoms with Crippen molar-refractivity contribution in [1.82, 2.24) is 10.1 Å². The number of allylic oxidation sites excluding steroid dienone is 4. The maximum atomic E-state index is 11.3. The van der Waals surface area contributed by atoms with E-state index in [-0.39, 0.29) is 22.6 Å². The number of aromatic carboxylic acids is 1. The first-order chi connectivity index (χ1) is 14.3. The van der Waals surface area contributed by atoms with Crippen LogP contribution in [0.5, 0.6) is 5.75 Å². The summed E-state index contributed by atoms with van der Waals surface area (Å²) >= 11 is 0. The summed E-state index contributed by atoms with van der Waals surface area (Å²) in [6.07, 6.45) is 4.96. The fraction of sp³-hybridized carbons (Fsp3) is 0.208. The summed E-state index contributed by atoms with van der Waals surface area (Å²) in [5, 5.41) is 22.9. The summed E-state index contributed by atoms with van der Waals surface area (Å²) in [7, 11) is 0. The first-order valence-corrected chi connectivity index (χ1v) is 9.65. The summed E-state index contributed by atoms with van der Waals surface area (Å²) in [5.74, 6) is -0.881. The molecule has 0 bridgehead atoms. The van der Waals surface area contributed by atoms with Crippen LogP contribution in [0.3, 0.4) is 0 Å². The molecule has 0 saturated heterocycles. The molecule has 1 unspecified atom stereocenters. The van der Waals surface area contributed by atoms with Crippen LogP contribution in [0.4, 0.5) is 0 Å². The number of rotatable bonds is 4. The molecule has 0 aliphatic heterocycles. The number of carboxylic acids is 1. The lowest BCUT2D eigenvalue weighted by atomic mass is 9.69. The van der Waals surface area contributed by atoms with Gasteiger partial charge in [0, 0.05) is 16.6 Å². The molecule has 4 rings (SSSR count). The minimum atomic E-state index is -1.22. The fourth-order valence-corrected chi connectivity index (χ4v) is 3.89. The minimum absolute atomic E-state index is 0.106. The van der Waals surface area contributed by atoms with Crippen LogP contribution in [-0.4, -0.2) is 26.3 Å². The minimum Gasteiger partial charge on any atom is -0.507 e. The molecule has 3 aromatic rings. The Bertz CT molecular complexity index is 1210. The molecule has 0 spiro atoms. The molecule has 2 N–H and O–H groups in total. The predicted molar refractivity (Wildman–Crippen MR) is 113 cm³/mol. The molecule has 0 fully saturated rings. The molecule has 1 heterocycles. The molecule has 6 heteroatoms. The quantitative estimate of drug-likeness (QED) is 0.627. The van der Waals surface area contributed by atoms with Crippen molar-refractivity contribution in [3.8, 4) is 17.1 Å². The van der Waals surface area contributed by atoms with Gasteiger partial charge in [-0.2, -0.15) is 4.98 Å². The van der Waals surface area contributed by atoms with Crippen molar-refractivity contribution in [2.24, 2.45) is 0 Å². The topological polar surface area (TPSA) is 96.5 Å². The molecule has 152 valence electrons. The highest BCUT2D eigenvalue weighted by atomic mass is 16.5. The van der Waals surface area contributed by atoms with Gasteiger partial charge < -0.3 is 14.7 Å². The Morgan fingerprint density at radius 2 is 1.93 bits per heavy atom. The SMILES string of the molecule is CC1=CC(c2nc(-c3ccc(O)c(C(=O)O)c3)no2)=CCC1(C)c1ccccc1C. The van der Waals surface area contributed by atoms with Crippen molar-refractivity contribution in [3.05, 3.63) is 82.8 Å². The molecule has 30 heavy (non-hydrogen) atoms. The van der Waals surface area contributed by atoms with E-state index >= 15 is 0 Å². The Morgan fingerprint density at radius 1 is 1.17 bits per heavy atom. The van der Waals surface area contributed by atoms with E-state index in [1.165, 1.54) is 28.8 Å². The Labute approximate surface area is 174 Å². The highest BCUT2D eigenvalue weighted by molar-refractivity contribution is 5.92. The van der Waals surface area contributed by atoms with Gasteiger partial charge in [0.2, 0.25) is 5.82 Å². The van der Waals surface area contributed by atoms with E-state index in [1.54, 1.807) is 6.07 Å². The number of benzene rings is 2. The summed E-state index contributed by atoms with van der Waals surface area (Å²) in [4.78, 5) is 15.7. The van der Waals surface area contributed by atoms with Gasteiger partial charge in [-0.3, -0.25) is 0 Å². The van der Waals surface area contributed by atoms with Crippen LogP contribution in [-0.2, 0) is 5.41 Å². The van der Waals surface area contributed by atoms with Crippen LogP contribution in [0.25, 0.3) is 17.0 Å². The van der Waals surface area contributed by atoms with Gasteiger partial charge in [0.05, 0.1) is 0 Å². The molecule has 0 amide bonds. The average Bonchev–Trinajstić information content (AvgIpc) is 3.21. The highest BCUT2D eigenvalue weighted by Gasteiger charge is 2.32. The number of nitrogens with zero attached hydrogens (tertiary/aromatic N) is 2. The van der Waals surface area contributed by atoms with Crippen molar-refractivity contribution in [2.45, 2.75) is 32.6 Å². The van der Waals surface area contributed by atoms with E-state index in [4.69, 9.17) is 4.52 Å². The second kappa shape index (κ2) is 7.30. The normalized spacial score (nSPS) is 18.6. The molecule has 6 nitrogen and oxygen atoms in total. The van der Waals surface area contributed by atoms with Crippen molar-refractivity contribution >= 4 is 11.5 Å². The number of carbonyl (C=O) groups is 1. The van der Waals surface area contributed by atoms with Crippen molar-refractivity contribution < 1.29 is 19.5 Å². The highest BCUT2D eigenvalue weighted by Crippen LogP contribution is 2.42. The summed E-state index contributed by atoms with van der Waals surface area (Å²) in [6, 6.07) is 12.6. The summed E-state index contributed by atoms with van der Waals surface area (Å²) in [6.45, 7) is 6.47. The van der Waals surface area contributed by atoms with Gasteiger partial charge >= 0.3 is 5.97 Å². The lowest BCUT2D eigenvalue weighted by Crippen LogP contribution is -2.26. The van der Waals surface area contributed by atoms with E-state index in [1.807, 2.05) is 6.07 Å². The van der Waals surface area contributed by atoms with Crippen LogP contribution in [0.1, 0.15) is 47.6 Å². The van der Waals surface area contributed by atoms with Gasteiger partial charge in [-0.1, -0.05) is 48.0 Å². The third-order valence-corrected chi connectivity index (χ3v) is 5.87. The molecule has 0 radical (unpaired) electrons. The van der Waals surface area contributed by atoms with Crippen LogP contribution < -0.4 is 0 Å². The fourth-order valence-electron chi connectivity index (χ4n) is 3.89. The second-order valence-corrected chi connectivity index (χ2v) is 7.80. The van der Waals surface area contributed by atoms with E-state index in [2.05, 4.69) is 61.3 Å². The second-order valence-electron chi connectivity index (χ2n) is 7.80. The van der Waals surface area contributed by atoms with Gasteiger partial charge in [-0.15, -0.1) is 0 Å². The third-order valence-electron chi connectivity index (χ3n) is 5.87. The zero-order valence-corrected chi connectivity index (χ0v) is 17.0. The smallest absolute Gasteiger partial charge is 0.339 e. The molecule has 0 saturated carbocycles. The number of aromatic nitrogens is 2. The number of carboxylic acid groups (broad SMARTS) is 1. The van der Waals surface area contributed by atoms with Gasteiger partial charge in [-0.05, 0) is 55.7 Å². The number of aromatic hydroxyl groups is 1. The average molecular weight is 402 g/mol. The molecular weight excluding hydrogens is 380 g/mol. The first-order valence-electron chi connectivity index (χ1n) is 9.65. The van der Waals surface area contributed by atoms with Gasteiger partial charge in [-0.25, -0.2) is 4.79 Å². The van der Waals surface area contributed by atoms with E-state index in [9.17, 15) is 15.0 Å². The van der Waals surface area contributed by atoms with Crippen molar-refractivity contribution in [1.29, 1.82) is 0 Å². The number of aryl methyl sites for hydroxylation is 1. The summed E-state index contributed by atoms with van der Waals surface area (Å²) in [5.41, 5.74) is 4.74. The lowest BCUT2D eigenvalue weighted by molar-refractivity contribution is 0.0694. The van der Waals surface area contributed by atoms with Gasteiger partial charge in [0.15, 0.2) is 0 Å². The van der Waals surface area contributed by atoms with Crippen LogP contribution in [0.15, 0.2) is 64.7 Å². The Balaban J connectivity index is 1.64. The number of phenols is 1. The molecule has 1 atom stereocenters. The zero-order chi connectivity index (χ0) is 21.5. The molecule has 1 aliphatic carbocycles. The van der Waals surface area contributed by atoms with Crippen LogP contribution in [0.2, 0.25) is 0 Å². The van der Waals surface area contributed by atoms with Gasteiger partial charge in [0.25, 0.3) is 5.89 Å². The van der Waals surface area contributed by atoms with Crippen LogP contribution in [0, 0.1) is 6.92 Å². The molecular formula is C24H22N2O4. The van der Waals surface area contributed by atoms with Gasteiger partial charge in [0.1, 0.15) is 11.3 Å². The van der Waals surface area contributed by atoms with E-state index < -0.39 is 5.97 Å². The standard InChI is InChI=1S/C24H22N2O4/c1-14-6-4-5-7-19(14)24(3)11-10-17(12-15(24)2)22-25-21(26-30-22)16-8-9-20(27)18(13-16)23(28)29/h4-10,12-13,27H,11H2,1-3H3,(H,28,29). The maximum Gasteiger partial charge on any atom is 0.339 e. The summed E-state index contributed by atoms with van der Waals surface area (Å²) < 4.78 is 5.45. The van der Waals surface area contributed by atoms with Crippen LogP contribution >= 0.6 is 0 Å². The van der Waals surface area contributed by atoms with Crippen molar-refractivity contribution in [3.63, 3.8) is 0 Å². The Kier molecular flexibility index (Phi) is 4.78. The van der Waals surface area contributed by atoms with E-state index in [0.717, 1.165) is 12.0 Å². The Morgan fingerprint density at radius 3 is 2.63 bits per heavy atom. The monoisotopic (exact) mass is 402 g/mol. The first kappa shape index (κ1) is 19.6. The van der Waals surface area contributed by atoms with E-state index in [0.29, 0.717) is 11.5 Å². The number of hydrogen-bond acceptors (Lipinski definition) is 5. The third kappa shape index (κ3) is 3.30. The predicted octanol–water partition coefficient (Wildman–Crippen LogP) is 5.14.